The minimum atomic E-state index is -0.713. The van der Waals surface area contributed by atoms with E-state index in [1.807, 2.05) is 65.5 Å². The van der Waals surface area contributed by atoms with E-state index < -0.39 is 5.54 Å². The van der Waals surface area contributed by atoms with Gasteiger partial charge in [-0.2, -0.15) is 0 Å². The zero-order valence-corrected chi connectivity index (χ0v) is 14.6. The van der Waals surface area contributed by atoms with Gasteiger partial charge in [0, 0.05) is 34.8 Å². The maximum atomic E-state index is 6.12. The first-order valence-electron chi connectivity index (χ1n) is 7.71. The van der Waals surface area contributed by atoms with Gasteiger partial charge >= 0.3 is 0 Å². The molecule has 4 aromatic rings. The molecule has 0 amide bonds. The minimum Gasteiger partial charge on any atom is -0.346 e. The van der Waals surface area contributed by atoms with Gasteiger partial charge in [-0.05, 0) is 35.4 Å². The topological polar surface area (TPSA) is 46.5 Å². The molecule has 2 aromatic carbocycles. The Hall–Kier alpha value is -2.56. The number of aromatic amines is 1. The van der Waals surface area contributed by atoms with Crippen molar-refractivity contribution in [3.8, 4) is 0 Å². The van der Waals surface area contributed by atoms with Crippen LogP contribution in [0.3, 0.4) is 0 Å². The quantitative estimate of drug-likeness (QED) is 0.564. The second kappa shape index (κ2) is 6.39. The average molecular weight is 369 g/mol. The summed E-state index contributed by atoms with van der Waals surface area (Å²) in [4.78, 5) is 12.1. The molecular weight excluding hydrogens is 355 g/mol. The molecule has 0 aliphatic heterocycles. The van der Waals surface area contributed by atoms with E-state index in [2.05, 4.69) is 15.0 Å². The van der Waals surface area contributed by atoms with Crippen LogP contribution in [0, 0.1) is 0 Å². The molecule has 1 N–H and O–H groups in total. The third-order valence-corrected chi connectivity index (χ3v) is 4.76. The van der Waals surface area contributed by atoms with Gasteiger partial charge in [-0.1, -0.05) is 47.5 Å². The molecule has 0 radical (unpaired) electrons. The van der Waals surface area contributed by atoms with E-state index in [0.717, 1.165) is 17.0 Å². The molecule has 0 saturated carbocycles. The molecule has 0 atom stereocenters. The van der Waals surface area contributed by atoms with Gasteiger partial charge in [0.2, 0.25) is 0 Å². The summed E-state index contributed by atoms with van der Waals surface area (Å²) in [5, 5.41) is 1.36. The number of nitrogens with one attached hydrogen (secondary N) is 1. The summed E-state index contributed by atoms with van der Waals surface area (Å²) in [6, 6.07) is 15.5. The number of hydrogen-bond donors (Lipinski definition) is 1. The molecule has 4 rings (SSSR count). The number of benzene rings is 2. The number of nitrogens with zero attached hydrogens (tertiary/aromatic N) is 3. The molecule has 0 bridgehead atoms. The Morgan fingerprint density at radius 3 is 1.88 bits per heavy atom. The van der Waals surface area contributed by atoms with Crippen molar-refractivity contribution in [1.29, 1.82) is 0 Å². The van der Waals surface area contributed by atoms with Crippen LogP contribution in [0.4, 0.5) is 0 Å². The molecule has 25 heavy (non-hydrogen) atoms. The number of rotatable bonds is 4. The minimum absolute atomic E-state index is 0.679. The monoisotopic (exact) mass is 368 g/mol. The molecule has 2 heterocycles. The fraction of sp³-hybridized carbons (Fsp3) is 0.0526. The number of hydrogen-bond acceptors (Lipinski definition) is 2. The Bertz CT molecular complexity index is 862. The molecule has 0 saturated heterocycles. The van der Waals surface area contributed by atoms with Crippen molar-refractivity contribution < 1.29 is 0 Å². The normalized spacial score (nSPS) is 11.6. The summed E-state index contributed by atoms with van der Waals surface area (Å²) in [6.45, 7) is 0. The van der Waals surface area contributed by atoms with Crippen molar-refractivity contribution in [2.45, 2.75) is 5.54 Å². The summed E-state index contributed by atoms with van der Waals surface area (Å²) >= 11 is 12.2. The van der Waals surface area contributed by atoms with Crippen LogP contribution in [-0.4, -0.2) is 19.5 Å². The molecule has 0 aliphatic carbocycles. The Morgan fingerprint density at radius 2 is 1.44 bits per heavy atom. The van der Waals surface area contributed by atoms with Crippen LogP contribution in [0.15, 0.2) is 79.6 Å². The van der Waals surface area contributed by atoms with Gasteiger partial charge in [-0.25, -0.2) is 9.97 Å². The van der Waals surface area contributed by atoms with Crippen LogP contribution in [-0.2, 0) is 5.54 Å². The lowest BCUT2D eigenvalue weighted by Crippen LogP contribution is -2.38. The number of aromatic nitrogens is 4. The van der Waals surface area contributed by atoms with E-state index in [-0.39, 0.29) is 0 Å². The molecule has 0 fully saturated rings. The van der Waals surface area contributed by atoms with E-state index in [1.165, 1.54) is 0 Å². The third kappa shape index (κ3) is 2.64. The smallest absolute Gasteiger partial charge is 0.154 e. The molecule has 6 heteroatoms. The SMILES string of the molecule is Clc1ccc(C(c2ccc(Cl)cc2)(c2ncc[nH]2)n2ccnc2)cc1. The van der Waals surface area contributed by atoms with Crippen LogP contribution in [0.2, 0.25) is 10.0 Å². The van der Waals surface area contributed by atoms with Crippen LogP contribution in [0.25, 0.3) is 0 Å². The predicted octanol–water partition coefficient (Wildman–Crippen LogP) is 4.75. The van der Waals surface area contributed by atoms with E-state index in [0.29, 0.717) is 10.0 Å². The number of halogens is 2. The standard InChI is InChI=1S/C19H14Cl2N4/c20-16-5-1-14(2-6-16)19(18-23-9-10-24-18,25-12-11-22-13-25)15-3-7-17(21)8-4-15/h1-13H,(H,23,24). The van der Waals surface area contributed by atoms with Gasteiger partial charge in [0.1, 0.15) is 5.82 Å². The van der Waals surface area contributed by atoms with Crippen molar-refractivity contribution in [2.75, 3.05) is 0 Å². The van der Waals surface area contributed by atoms with Crippen molar-refractivity contribution in [1.82, 2.24) is 19.5 Å². The highest BCUT2D eigenvalue weighted by Gasteiger charge is 2.40. The first-order chi connectivity index (χ1) is 12.2. The molecule has 2 aromatic heterocycles. The lowest BCUT2D eigenvalue weighted by atomic mass is 9.81. The lowest BCUT2D eigenvalue weighted by molar-refractivity contribution is 0.488. The van der Waals surface area contributed by atoms with Crippen LogP contribution in [0.1, 0.15) is 17.0 Å². The highest BCUT2D eigenvalue weighted by molar-refractivity contribution is 6.30. The fourth-order valence-electron chi connectivity index (χ4n) is 3.16. The van der Waals surface area contributed by atoms with Gasteiger partial charge < -0.3 is 9.55 Å². The van der Waals surface area contributed by atoms with E-state index in [4.69, 9.17) is 23.2 Å². The lowest BCUT2D eigenvalue weighted by Gasteiger charge is -2.34. The highest BCUT2D eigenvalue weighted by Crippen LogP contribution is 2.39. The van der Waals surface area contributed by atoms with Crippen molar-refractivity contribution in [2.24, 2.45) is 0 Å². The van der Waals surface area contributed by atoms with Crippen LogP contribution < -0.4 is 0 Å². The molecular formula is C19H14Cl2N4. The highest BCUT2D eigenvalue weighted by atomic mass is 35.5. The van der Waals surface area contributed by atoms with E-state index in [9.17, 15) is 0 Å². The van der Waals surface area contributed by atoms with Gasteiger partial charge in [0.15, 0.2) is 5.54 Å². The van der Waals surface area contributed by atoms with Crippen LogP contribution >= 0.6 is 23.2 Å². The van der Waals surface area contributed by atoms with Gasteiger partial charge in [-0.3, -0.25) is 0 Å². The van der Waals surface area contributed by atoms with Gasteiger partial charge in [-0.15, -0.1) is 0 Å². The van der Waals surface area contributed by atoms with Gasteiger partial charge in [0.05, 0.1) is 6.33 Å². The summed E-state index contributed by atoms with van der Waals surface area (Å²) in [7, 11) is 0. The Morgan fingerprint density at radius 1 is 0.840 bits per heavy atom. The van der Waals surface area contributed by atoms with E-state index in [1.54, 1.807) is 18.7 Å². The predicted molar refractivity (Wildman–Crippen MR) is 99.0 cm³/mol. The molecule has 4 nitrogen and oxygen atoms in total. The zero-order chi connectivity index (χ0) is 17.3. The first-order valence-corrected chi connectivity index (χ1v) is 8.47. The summed E-state index contributed by atoms with van der Waals surface area (Å²) in [5.41, 5.74) is 1.30. The second-order valence-corrected chi connectivity index (χ2v) is 6.50. The molecule has 0 spiro atoms. The molecule has 0 aliphatic rings. The van der Waals surface area contributed by atoms with Crippen molar-refractivity contribution in [3.05, 3.63) is 107 Å². The molecule has 0 unspecified atom stereocenters. The van der Waals surface area contributed by atoms with E-state index >= 15 is 0 Å². The summed E-state index contributed by atoms with van der Waals surface area (Å²) in [6.07, 6.45) is 9.01. The first kappa shape index (κ1) is 15.9. The largest absolute Gasteiger partial charge is 0.346 e. The maximum absolute atomic E-state index is 6.12. The Kier molecular flexibility index (Phi) is 4.07. The third-order valence-electron chi connectivity index (χ3n) is 4.26. The zero-order valence-electron chi connectivity index (χ0n) is 13.1. The molecule has 124 valence electrons. The Labute approximate surface area is 155 Å². The van der Waals surface area contributed by atoms with Gasteiger partial charge in [0.25, 0.3) is 0 Å². The fourth-order valence-corrected chi connectivity index (χ4v) is 3.42. The summed E-state index contributed by atoms with van der Waals surface area (Å²) < 4.78 is 2.03. The maximum Gasteiger partial charge on any atom is 0.154 e. The average Bonchev–Trinajstić information content (AvgIpc) is 3.33. The number of H-pyrrole nitrogens is 1. The second-order valence-electron chi connectivity index (χ2n) is 5.63. The Balaban J connectivity index is 2.08. The summed E-state index contributed by atoms with van der Waals surface area (Å²) in [5.74, 6) is 0.773. The van der Waals surface area contributed by atoms with Crippen LogP contribution in [0.5, 0.6) is 0 Å². The number of imidazole rings is 2. The van der Waals surface area contributed by atoms with Crippen molar-refractivity contribution >= 4 is 23.2 Å². The van der Waals surface area contributed by atoms with Crippen molar-refractivity contribution in [3.63, 3.8) is 0 Å².